The van der Waals surface area contributed by atoms with E-state index in [4.69, 9.17) is 14.2 Å². The van der Waals surface area contributed by atoms with E-state index in [1.54, 1.807) is 50.1 Å². The summed E-state index contributed by atoms with van der Waals surface area (Å²) in [6.45, 7) is 0.151. The van der Waals surface area contributed by atoms with Crippen molar-refractivity contribution in [2.45, 2.75) is 6.54 Å². The first-order valence-electron chi connectivity index (χ1n) is 8.63. The summed E-state index contributed by atoms with van der Waals surface area (Å²) in [4.78, 5) is 31.3. The predicted octanol–water partition coefficient (Wildman–Crippen LogP) is 3.70. The van der Waals surface area contributed by atoms with Crippen molar-refractivity contribution < 1.29 is 23.8 Å². The zero-order valence-corrected chi connectivity index (χ0v) is 17.8. The van der Waals surface area contributed by atoms with Gasteiger partial charge in [0.1, 0.15) is 5.01 Å². The standard InChI is InChI=1S/C20H20N2O5S2/c1-22(10-14-5-4-8-28-14)18(23)11-27-20(24)15-12-29-19(21-15)13-6-7-16(25-2)17(9-13)26-3/h4-9,12H,10-11H2,1-3H3. The maximum absolute atomic E-state index is 12.3. The van der Waals surface area contributed by atoms with Crippen LogP contribution in [0.3, 0.4) is 0 Å². The van der Waals surface area contributed by atoms with Gasteiger partial charge < -0.3 is 19.1 Å². The highest BCUT2D eigenvalue weighted by Gasteiger charge is 2.17. The van der Waals surface area contributed by atoms with Gasteiger partial charge in [-0.2, -0.15) is 0 Å². The van der Waals surface area contributed by atoms with Crippen molar-refractivity contribution in [3.05, 3.63) is 51.7 Å². The summed E-state index contributed by atoms with van der Waals surface area (Å²) in [5.41, 5.74) is 0.951. The molecule has 0 saturated carbocycles. The van der Waals surface area contributed by atoms with Crippen LogP contribution in [0.25, 0.3) is 10.6 Å². The largest absolute Gasteiger partial charge is 0.493 e. The maximum Gasteiger partial charge on any atom is 0.358 e. The molecule has 0 aliphatic rings. The molecule has 0 unspecified atom stereocenters. The molecule has 3 aromatic rings. The van der Waals surface area contributed by atoms with Gasteiger partial charge in [0.25, 0.3) is 5.91 Å². The number of amides is 1. The van der Waals surface area contributed by atoms with Gasteiger partial charge in [-0.3, -0.25) is 4.79 Å². The van der Waals surface area contributed by atoms with Gasteiger partial charge in [0, 0.05) is 22.9 Å². The Morgan fingerprint density at radius 2 is 1.90 bits per heavy atom. The van der Waals surface area contributed by atoms with Crippen LogP contribution in [0, 0.1) is 0 Å². The molecule has 29 heavy (non-hydrogen) atoms. The van der Waals surface area contributed by atoms with Crippen molar-refractivity contribution in [1.82, 2.24) is 9.88 Å². The Kier molecular flexibility index (Phi) is 6.84. The maximum atomic E-state index is 12.3. The first-order chi connectivity index (χ1) is 14.0. The highest BCUT2D eigenvalue weighted by Crippen LogP contribution is 2.33. The normalized spacial score (nSPS) is 10.4. The number of hydrogen-bond acceptors (Lipinski definition) is 8. The predicted molar refractivity (Wildman–Crippen MR) is 112 cm³/mol. The fourth-order valence-corrected chi connectivity index (χ4v) is 4.05. The second-order valence-corrected chi connectivity index (χ2v) is 7.90. The summed E-state index contributed by atoms with van der Waals surface area (Å²) in [5.74, 6) is 0.272. The number of thiophene rings is 1. The second kappa shape index (κ2) is 9.53. The zero-order valence-electron chi connectivity index (χ0n) is 16.2. The molecule has 0 aliphatic heterocycles. The highest BCUT2D eigenvalue weighted by molar-refractivity contribution is 7.13. The molecule has 0 radical (unpaired) electrons. The summed E-state index contributed by atoms with van der Waals surface area (Å²) in [7, 11) is 4.79. The van der Waals surface area contributed by atoms with Crippen molar-refractivity contribution in [2.75, 3.05) is 27.9 Å². The average Bonchev–Trinajstić information content (AvgIpc) is 3.43. The molecule has 0 saturated heterocycles. The number of ether oxygens (including phenoxy) is 3. The third kappa shape index (κ3) is 5.12. The molecule has 0 bridgehead atoms. The summed E-state index contributed by atoms with van der Waals surface area (Å²) < 4.78 is 15.7. The third-order valence-corrected chi connectivity index (χ3v) is 5.82. The number of thiazole rings is 1. The van der Waals surface area contributed by atoms with E-state index in [0.29, 0.717) is 23.1 Å². The van der Waals surface area contributed by atoms with Crippen molar-refractivity contribution in [2.24, 2.45) is 0 Å². The summed E-state index contributed by atoms with van der Waals surface area (Å²) in [5, 5.41) is 4.19. The monoisotopic (exact) mass is 432 g/mol. The fourth-order valence-electron chi connectivity index (χ4n) is 2.51. The van der Waals surface area contributed by atoms with E-state index >= 15 is 0 Å². The Labute approximate surface area is 176 Å². The quantitative estimate of drug-likeness (QED) is 0.505. The van der Waals surface area contributed by atoms with Crippen LogP contribution < -0.4 is 9.47 Å². The molecule has 3 rings (SSSR count). The molecular weight excluding hydrogens is 412 g/mol. The van der Waals surface area contributed by atoms with E-state index in [1.807, 2.05) is 23.6 Å². The third-order valence-electron chi connectivity index (χ3n) is 4.07. The van der Waals surface area contributed by atoms with Gasteiger partial charge in [-0.15, -0.1) is 22.7 Å². The Balaban J connectivity index is 1.60. The number of methoxy groups -OCH3 is 2. The number of nitrogens with zero attached hydrogens (tertiary/aromatic N) is 2. The molecule has 7 nitrogen and oxygen atoms in total. The van der Waals surface area contributed by atoms with Gasteiger partial charge in [-0.1, -0.05) is 6.07 Å². The van der Waals surface area contributed by atoms with Crippen LogP contribution in [0.2, 0.25) is 0 Å². The molecule has 0 aliphatic carbocycles. The van der Waals surface area contributed by atoms with Crippen LogP contribution in [0.4, 0.5) is 0 Å². The fraction of sp³-hybridized carbons (Fsp3) is 0.250. The Bertz CT molecular complexity index is 985. The van der Waals surface area contributed by atoms with Crippen molar-refractivity contribution in [3.8, 4) is 22.1 Å². The molecule has 0 atom stereocenters. The Hall–Kier alpha value is -2.91. The van der Waals surface area contributed by atoms with E-state index in [9.17, 15) is 9.59 Å². The highest BCUT2D eigenvalue weighted by atomic mass is 32.1. The number of benzene rings is 1. The minimum absolute atomic E-state index is 0.161. The average molecular weight is 433 g/mol. The number of rotatable bonds is 8. The van der Waals surface area contributed by atoms with Crippen LogP contribution in [0.5, 0.6) is 11.5 Å². The molecule has 152 valence electrons. The number of hydrogen-bond donors (Lipinski definition) is 0. The number of esters is 1. The summed E-state index contributed by atoms with van der Waals surface area (Å²) in [6, 6.07) is 9.27. The van der Waals surface area contributed by atoms with Crippen molar-refractivity contribution in [3.63, 3.8) is 0 Å². The zero-order chi connectivity index (χ0) is 20.8. The molecule has 0 fully saturated rings. The summed E-state index contributed by atoms with van der Waals surface area (Å²) in [6.07, 6.45) is 0. The van der Waals surface area contributed by atoms with Gasteiger partial charge in [0.2, 0.25) is 0 Å². The molecule has 2 aromatic heterocycles. The van der Waals surface area contributed by atoms with Gasteiger partial charge >= 0.3 is 5.97 Å². The van der Waals surface area contributed by atoms with E-state index in [2.05, 4.69) is 4.98 Å². The van der Waals surface area contributed by atoms with E-state index in [1.165, 1.54) is 16.2 Å². The van der Waals surface area contributed by atoms with Gasteiger partial charge in [-0.05, 0) is 29.6 Å². The molecule has 9 heteroatoms. The van der Waals surface area contributed by atoms with Crippen LogP contribution in [-0.2, 0) is 16.1 Å². The molecule has 0 spiro atoms. The number of carbonyl (C=O) groups excluding carboxylic acids is 2. The van der Waals surface area contributed by atoms with Gasteiger partial charge in [-0.25, -0.2) is 9.78 Å². The topological polar surface area (TPSA) is 78.0 Å². The van der Waals surface area contributed by atoms with Crippen LogP contribution >= 0.6 is 22.7 Å². The Morgan fingerprint density at radius 1 is 1.10 bits per heavy atom. The molecular formula is C20H20N2O5S2. The van der Waals surface area contributed by atoms with Crippen LogP contribution in [-0.4, -0.2) is 49.6 Å². The van der Waals surface area contributed by atoms with Crippen molar-refractivity contribution >= 4 is 34.6 Å². The Morgan fingerprint density at radius 3 is 2.59 bits per heavy atom. The first kappa shape index (κ1) is 20.8. The number of likely N-dealkylation sites (N-methyl/N-ethyl adjacent to an activating group) is 1. The summed E-state index contributed by atoms with van der Waals surface area (Å²) >= 11 is 2.87. The molecule has 2 heterocycles. The lowest BCUT2D eigenvalue weighted by molar-refractivity contribution is -0.133. The lowest BCUT2D eigenvalue weighted by atomic mass is 10.2. The van der Waals surface area contributed by atoms with E-state index in [0.717, 1.165) is 10.4 Å². The number of carbonyl (C=O) groups is 2. The minimum atomic E-state index is -0.633. The van der Waals surface area contributed by atoms with Crippen LogP contribution in [0.15, 0.2) is 41.1 Å². The second-order valence-electron chi connectivity index (χ2n) is 6.01. The number of aromatic nitrogens is 1. The first-order valence-corrected chi connectivity index (χ1v) is 10.4. The smallest absolute Gasteiger partial charge is 0.358 e. The van der Waals surface area contributed by atoms with Gasteiger partial charge in [0.15, 0.2) is 23.8 Å². The van der Waals surface area contributed by atoms with E-state index in [-0.39, 0.29) is 18.2 Å². The lowest BCUT2D eigenvalue weighted by Gasteiger charge is -2.15. The van der Waals surface area contributed by atoms with Crippen LogP contribution in [0.1, 0.15) is 15.4 Å². The molecule has 1 amide bonds. The lowest BCUT2D eigenvalue weighted by Crippen LogP contribution is -2.30. The SMILES string of the molecule is COc1ccc(-c2nc(C(=O)OCC(=O)N(C)Cc3cccs3)cs2)cc1OC. The molecule has 0 N–H and O–H groups in total. The van der Waals surface area contributed by atoms with E-state index < -0.39 is 5.97 Å². The van der Waals surface area contributed by atoms with Crippen molar-refractivity contribution in [1.29, 1.82) is 0 Å². The molecule has 1 aromatic carbocycles. The minimum Gasteiger partial charge on any atom is -0.493 e. The van der Waals surface area contributed by atoms with Gasteiger partial charge in [0.05, 0.1) is 20.8 Å².